The van der Waals surface area contributed by atoms with E-state index in [0.717, 1.165) is 22.3 Å². The number of amides is 3. The lowest BCUT2D eigenvalue weighted by Gasteiger charge is -2.36. The van der Waals surface area contributed by atoms with Crippen molar-refractivity contribution in [1.29, 1.82) is 0 Å². The Labute approximate surface area is 171 Å². The van der Waals surface area contributed by atoms with Crippen LogP contribution in [0.1, 0.15) is 29.9 Å². The van der Waals surface area contributed by atoms with Gasteiger partial charge in [-0.25, -0.2) is 4.79 Å². The van der Waals surface area contributed by atoms with Crippen molar-refractivity contribution in [2.75, 3.05) is 51.7 Å². The van der Waals surface area contributed by atoms with E-state index in [4.69, 9.17) is 0 Å². The van der Waals surface area contributed by atoms with Crippen LogP contribution < -0.4 is 10.2 Å². The molecule has 0 unspecified atom stereocenters. The molecule has 8 nitrogen and oxygen atoms in total. The molecule has 1 aliphatic heterocycles. The maximum Gasteiger partial charge on any atom is 0.319 e. The molecule has 0 saturated carbocycles. The van der Waals surface area contributed by atoms with Crippen LogP contribution in [0.15, 0.2) is 18.2 Å². The van der Waals surface area contributed by atoms with Crippen molar-refractivity contribution in [2.45, 2.75) is 20.8 Å². The Morgan fingerprint density at radius 3 is 2.41 bits per heavy atom. The number of aryl methyl sites for hydroxylation is 1. The summed E-state index contributed by atoms with van der Waals surface area (Å²) in [4.78, 5) is 30.2. The van der Waals surface area contributed by atoms with Gasteiger partial charge in [0.1, 0.15) is 0 Å². The Bertz CT molecular complexity index is 903. The molecule has 0 aliphatic carbocycles. The zero-order valence-electron chi connectivity index (χ0n) is 17.9. The summed E-state index contributed by atoms with van der Waals surface area (Å²) in [7, 11) is 3.53. The minimum absolute atomic E-state index is 0.0292. The third kappa shape index (κ3) is 4.58. The van der Waals surface area contributed by atoms with Crippen LogP contribution in [0.5, 0.6) is 0 Å². The topological polar surface area (TPSA) is 81.7 Å². The van der Waals surface area contributed by atoms with Crippen molar-refractivity contribution in [2.24, 2.45) is 5.92 Å². The monoisotopic (exact) mass is 398 g/mol. The lowest BCUT2D eigenvalue weighted by atomic mass is 10.1. The van der Waals surface area contributed by atoms with Gasteiger partial charge in [-0.15, -0.1) is 5.10 Å². The van der Waals surface area contributed by atoms with Gasteiger partial charge >= 0.3 is 6.03 Å². The fraction of sp³-hybridized carbons (Fsp3) is 0.524. The number of fused-ring (bicyclic) bond motifs is 1. The maximum atomic E-state index is 12.4. The summed E-state index contributed by atoms with van der Waals surface area (Å²) < 4.78 is 0. The van der Waals surface area contributed by atoms with E-state index in [1.807, 2.05) is 30.0 Å². The average Bonchev–Trinajstić information content (AvgIpc) is 2.71. The molecule has 0 bridgehead atoms. The number of hydrogen-bond donors (Lipinski definition) is 1. The van der Waals surface area contributed by atoms with Crippen LogP contribution in [-0.2, 0) is 0 Å². The molecule has 1 N–H and O–H groups in total. The zero-order valence-corrected chi connectivity index (χ0v) is 17.9. The van der Waals surface area contributed by atoms with Crippen molar-refractivity contribution in [3.8, 4) is 0 Å². The Kier molecular flexibility index (Phi) is 6.20. The van der Waals surface area contributed by atoms with Crippen LogP contribution in [-0.4, -0.2) is 78.8 Å². The van der Waals surface area contributed by atoms with Gasteiger partial charge in [-0.05, 0) is 31.0 Å². The van der Waals surface area contributed by atoms with Crippen LogP contribution in [0.4, 0.5) is 10.6 Å². The molecule has 1 aliphatic rings. The van der Waals surface area contributed by atoms with E-state index in [-0.39, 0.29) is 11.9 Å². The summed E-state index contributed by atoms with van der Waals surface area (Å²) in [5.41, 5.74) is 1.42. The number of aromatic nitrogens is 2. The van der Waals surface area contributed by atoms with Gasteiger partial charge in [-0.1, -0.05) is 13.8 Å². The second-order valence-electron chi connectivity index (χ2n) is 8.12. The van der Waals surface area contributed by atoms with Crippen molar-refractivity contribution < 1.29 is 9.59 Å². The third-order valence-corrected chi connectivity index (χ3v) is 5.11. The van der Waals surface area contributed by atoms with Crippen LogP contribution in [0, 0.1) is 12.8 Å². The van der Waals surface area contributed by atoms with Gasteiger partial charge in [0.15, 0.2) is 5.82 Å². The minimum atomic E-state index is -0.0748. The van der Waals surface area contributed by atoms with E-state index < -0.39 is 0 Å². The Hall–Kier alpha value is -2.90. The van der Waals surface area contributed by atoms with E-state index in [1.165, 1.54) is 0 Å². The summed E-state index contributed by atoms with van der Waals surface area (Å²) in [5.74, 6) is 1.13. The largest absolute Gasteiger partial charge is 0.352 e. The predicted octanol–water partition coefficient (Wildman–Crippen LogP) is 2.13. The summed E-state index contributed by atoms with van der Waals surface area (Å²) in [5, 5.41) is 13.6. The first-order valence-electron chi connectivity index (χ1n) is 10.0. The molecule has 2 aromatic rings. The van der Waals surface area contributed by atoms with Gasteiger partial charge in [0, 0.05) is 63.2 Å². The van der Waals surface area contributed by atoms with Gasteiger partial charge in [0.05, 0.1) is 5.69 Å². The first kappa shape index (κ1) is 20.8. The van der Waals surface area contributed by atoms with Gasteiger partial charge in [0.2, 0.25) is 0 Å². The lowest BCUT2D eigenvalue weighted by molar-refractivity contribution is 0.0949. The second kappa shape index (κ2) is 8.63. The standard InChI is InChI=1S/C21H30N6O2/c1-14(2)13-22-20(28)16-6-7-17-18(12-16)15(3)23-24-19(17)26-8-10-27(11-9-26)21(29)25(4)5/h6-7,12,14H,8-11,13H2,1-5H3,(H,22,28). The SMILES string of the molecule is Cc1nnc(N2CCN(C(=O)N(C)C)CC2)c2ccc(C(=O)NCC(C)C)cc12. The van der Waals surface area contributed by atoms with Crippen molar-refractivity contribution >= 4 is 28.5 Å². The zero-order chi connectivity index (χ0) is 21.1. The molecule has 3 rings (SSSR count). The highest BCUT2D eigenvalue weighted by molar-refractivity contribution is 6.01. The van der Waals surface area contributed by atoms with Crippen molar-refractivity contribution in [3.05, 3.63) is 29.5 Å². The van der Waals surface area contributed by atoms with Gasteiger partial charge < -0.3 is 20.0 Å². The number of carbonyl (C=O) groups excluding carboxylic acids is 2. The molecular weight excluding hydrogens is 368 g/mol. The summed E-state index contributed by atoms with van der Waals surface area (Å²) in [6.07, 6.45) is 0. The molecular formula is C21H30N6O2. The molecule has 1 saturated heterocycles. The minimum Gasteiger partial charge on any atom is -0.352 e. The number of nitrogens with one attached hydrogen (secondary N) is 1. The molecule has 29 heavy (non-hydrogen) atoms. The van der Waals surface area contributed by atoms with Crippen LogP contribution in [0.3, 0.4) is 0 Å². The number of rotatable bonds is 4. The number of anilines is 1. The molecule has 1 aromatic heterocycles. The fourth-order valence-electron chi connectivity index (χ4n) is 3.43. The number of piperazine rings is 1. The van der Waals surface area contributed by atoms with Gasteiger partial charge in [-0.3, -0.25) is 4.79 Å². The highest BCUT2D eigenvalue weighted by Crippen LogP contribution is 2.27. The lowest BCUT2D eigenvalue weighted by Crippen LogP contribution is -2.51. The Balaban J connectivity index is 1.82. The van der Waals surface area contributed by atoms with E-state index in [1.54, 1.807) is 19.0 Å². The summed E-state index contributed by atoms with van der Waals surface area (Å²) >= 11 is 0. The average molecular weight is 399 g/mol. The number of urea groups is 1. The van der Waals surface area contributed by atoms with Crippen LogP contribution in [0.2, 0.25) is 0 Å². The molecule has 1 aromatic carbocycles. The summed E-state index contributed by atoms with van der Waals surface area (Å²) in [6, 6.07) is 5.72. The second-order valence-corrected chi connectivity index (χ2v) is 8.12. The molecule has 156 valence electrons. The first-order chi connectivity index (χ1) is 13.8. The maximum absolute atomic E-state index is 12.4. The smallest absolute Gasteiger partial charge is 0.319 e. The quantitative estimate of drug-likeness (QED) is 0.853. The van der Waals surface area contributed by atoms with Crippen molar-refractivity contribution in [1.82, 2.24) is 25.3 Å². The number of nitrogens with zero attached hydrogens (tertiary/aromatic N) is 5. The molecule has 0 atom stereocenters. The number of carbonyl (C=O) groups is 2. The Morgan fingerprint density at radius 1 is 1.10 bits per heavy atom. The van der Waals surface area contributed by atoms with Crippen molar-refractivity contribution in [3.63, 3.8) is 0 Å². The number of benzene rings is 1. The van der Waals surface area contributed by atoms with Crippen LogP contribution >= 0.6 is 0 Å². The van der Waals surface area contributed by atoms with E-state index in [9.17, 15) is 9.59 Å². The molecule has 0 radical (unpaired) electrons. The molecule has 1 fully saturated rings. The van der Waals surface area contributed by atoms with E-state index in [0.29, 0.717) is 44.2 Å². The molecule has 3 amide bonds. The third-order valence-electron chi connectivity index (χ3n) is 5.11. The normalized spacial score (nSPS) is 14.4. The molecule has 2 heterocycles. The fourth-order valence-corrected chi connectivity index (χ4v) is 3.43. The van der Waals surface area contributed by atoms with Crippen LogP contribution in [0.25, 0.3) is 10.8 Å². The number of hydrogen-bond acceptors (Lipinski definition) is 5. The predicted molar refractivity (Wildman–Crippen MR) is 114 cm³/mol. The summed E-state index contributed by atoms with van der Waals surface area (Å²) in [6.45, 7) is 9.37. The van der Waals surface area contributed by atoms with Gasteiger partial charge in [0.25, 0.3) is 5.91 Å². The van der Waals surface area contributed by atoms with Gasteiger partial charge in [-0.2, -0.15) is 5.10 Å². The molecule has 0 spiro atoms. The first-order valence-corrected chi connectivity index (χ1v) is 10.0. The highest BCUT2D eigenvalue weighted by Gasteiger charge is 2.24. The highest BCUT2D eigenvalue weighted by atomic mass is 16.2. The van der Waals surface area contributed by atoms with E-state index in [2.05, 4.69) is 34.3 Å². The molecule has 8 heteroatoms. The van der Waals surface area contributed by atoms with E-state index >= 15 is 0 Å². The Morgan fingerprint density at radius 2 is 1.79 bits per heavy atom.